The molecule has 5 nitrogen and oxygen atoms in total. The maximum atomic E-state index is 12.3. The number of carbonyl (C=O) groups excluding carboxylic acids is 1. The van der Waals surface area contributed by atoms with Crippen molar-refractivity contribution in [3.8, 4) is 0 Å². The summed E-state index contributed by atoms with van der Waals surface area (Å²) in [4.78, 5) is 15.9. The molecule has 0 spiro atoms. The Hall–Kier alpha value is -0.950. The lowest BCUT2D eigenvalue weighted by molar-refractivity contribution is 0.0703. The van der Waals surface area contributed by atoms with E-state index in [9.17, 15) is 13.6 Å². The molecule has 2 rings (SSSR count). The van der Waals surface area contributed by atoms with Crippen molar-refractivity contribution in [1.29, 1.82) is 0 Å². The van der Waals surface area contributed by atoms with Gasteiger partial charge in [-0.05, 0) is 32.6 Å². The first-order chi connectivity index (χ1) is 10.6. The monoisotopic (exact) mass is 319 g/mol. The lowest BCUT2D eigenvalue weighted by Gasteiger charge is -2.33. The third kappa shape index (κ3) is 5.35. The smallest absolute Gasteiger partial charge is 0.317 e. The highest BCUT2D eigenvalue weighted by Gasteiger charge is 2.26. The Labute approximate surface area is 131 Å². The minimum Gasteiger partial charge on any atom is -0.376 e. The molecule has 7 heteroatoms. The number of nitrogens with one attached hydrogen (secondary N) is 1. The van der Waals surface area contributed by atoms with Gasteiger partial charge in [-0.1, -0.05) is 0 Å². The highest BCUT2D eigenvalue weighted by atomic mass is 19.3. The number of ether oxygens (including phenoxy) is 1. The maximum Gasteiger partial charge on any atom is 0.317 e. The summed E-state index contributed by atoms with van der Waals surface area (Å²) < 4.78 is 30.3. The number of likely N-dealkylation sites (N-methyl/N-ethyl adjacent to an activating group) is 1. The van der Waals surface area contributed by atoms with Crippen molar-refractivity contribution in [3.63, 3.8) is 0 Å². The van der Waals surface area contributed by atoms with Crippen LogP contribution in [0.3, 0.4) is 0 Å². The number of urea groups is 1. The molecule has 0 unspecified atom stereocenters. The number of carbonyl (C=O) groups is 1. The third-order valence-electron chi connectivity index (χ3n) is 4.43. The minimum absolute atomic E-state index is 0.0645. The van der Waals surface area contributed by atoms with Gasteiger partial charge in [-0.2, -0.15) is 0 Å². The molecule has 2 amide bonds. The standard InChI is InChI=1S/C15H27F2N3O2/c1-2-20(10-13-4-3-9-22-13)15(21)18-12-5-7-19(8-6-12)11-14(16)17/h12-14H,2-11H2,1H3,(H,18,21)/t13-/m0/s1. The van der Waals surface area contributed by atoms with Crippen LogP contribution >= 0.6 is 0 Å². The summed E-state index contributed by atoms with van der Waals surface area (Å²) in [5.41, 5.74) is 0. The zero-order valence-corrected chi connectivity index (χ0v) is 13.3. The SMILES string of the molecule is CCN(C[C@@H]1CCCO1)C(=O)NC1CCN(CC(F)F)CC1. The van der Waals surface area contributed by atoms with E-state index in [2.05, 4.69) is 5.32 Å². The van der Waals surface area contributed by atoms with Gasteiger partial charge in [0.25, 0.3) is 6.43 Å². The van der Waals surface area contributed by atoms with Crippen LogP contribution in [0.2, 0.25) is 0 Å². The molecule has 0 saturated carbocycles. The van der Waals surface area contributed by atoms with Gasteiger partial charge in [0.05, 0.1) is 12.6 Å². The van der Waals surface area contributed by atoms with E-state index in [0.29, 0.717) is 26.2 Å². The van der Waals surface area contributed by atoms with Crippen molar-refractivity contribution >= 4 is 6.03 Å². The van der Waals surface area contributed by atoms with E-state index in [0.717, 1.165) is 32.3 Å². The zero-order chi connectivity index (χ0) is 15.9. The number of halogens is 2. The summed E-state index contributed by atoms with van der Waals surface area (Å²) in [5, 5.41) is 3.03. The van der Waals surface area contributed by atoms with Crippen LogP contribution in [0.5, 0.6) is 0 Å². The van der Waals surface area contributed by atoms with Crippen LogP contribution in [0.1, 0.15) is 32.6 Å². The van der Waals surface area contributed by atoms with E-state index in [1.165, 1.54) is 0 Å². The van der Waals surface area contributed by atoms with Crippen molar-refractivity contribution < 1.29 is 18.3 Å². The Balaban J connectivity index is 1.71. The first kappa shape index (κ1) is 17.4. The predicted octanol–water partition coefficient (Wildman–Crippen LogP) is 1.93. The summed E-state index contributed by atoms with van der Waals surface area (Å²) in [7, 11) is 0. The highest BCUT2D eigenvalue weighted by Crippen LogP contribution is 2.15. The number of nitrogens with zero attached hydrogens (tertiary/aromatic N) is 2. The van der Waals surface area contributed by atoms with Gasteiger partial charge in [0.2, 0.25) is 0 Å². The predicted molar refractivity (Wildman–Crippen MR) is 80.2 cm³/mol. The van der Waals surface area contributed by atoms with Crippen molar-refractivity contribution in [3.05, 3.63) is 0 Å². The Kier molecular flexibility index (Phi) is 6.82. The Bertz CT molecular complexity index is 344. The fraction of sp³-hybridized carbons (Fsp3) is 0.933. The van der Waals surface area contributed by atoms with Crippen LogP contribution in [-0.2, 0) is 4.74 Å². The molecule has 0 bridgehead atoms. The lowest BCUT2D eigenvalue weighted by atomic mass is 10.1. The van der Waals surface area contributed by atoms with Gasteiger partial charge in [-0.3, -0.25) is 4.90 Å². The molecule has 0 aromatic rings. The van der Waals surface area contributed by atoms with Crippen molar-refractivity contribution in [1.82, 2.24) is 15.1 Å². The maximum absolute atomic E-state index is 12.3. The molecule has 0 aromatic carbocycles. The van der Waals surface area contributed by atoms with E-state index in [1.807, 2.05) is 6.92 Å². The van der Waals surface area contributed by atoms with Gasteiger partial charge in [0.15, 0.2) is 0 Å². The number of amides is 2. The zero-order valence-electron chi connectivity index (χ0n) is 13.3. The number of alkyl halides is 2. The largest absolute Gasteiger partial charge is 0.376 e. The third-order valence-corrected chi connectivity index (χ3v) is 4.43. The summed E-state index contributed by atoms with van der Waals surface area (Å²) >= 11 is 0. The Morgan fingerprint density at radius 2 is 2.09 bits per heavy atom. The first-order valence-electron chi connectivity index (χ1n) is 8.26. The average Bonchev–Trinajstić information content (AvgIpc) is 2.99. The molecule has 2 aliphatic rings. The van der Waals surface area contributed by atoms with Gasteiger partial charge in [-0.25, -0.2) is 13.6 Å². The van der Waals surface area contributed by atoms with E-state index < -0.39 is 6.43 Å². The van der Waals surface area contributed by atoms with E-state index in [1.54, 1.807) is 9.80 Å². The summed E-state index contributed by atoms with van der Waals surface area (Å²) in [6.45, 7) is 5.09. The average molecular weight is 319 g/mol. The van der Waals surface area contributed by atoms with Crippen LogP contribution < -0.4 is 5.32 Å². The van der Waals surface area contributed by atoms with E-state index in [4.69, 9.17) is 4.74 Å². The lowest BCUT2D eigenvalue weighted by Crippen LogP contribution is -2.51. The number of hydrogen-bond donors (Lipinski definition) is 1. The number of hydrogen-bond acceptors (Lipinski definition) is 3. The van der Waals surface area contributed by atoms with Gasteiger partial charge in [0.1, 0.15) is 0 Å². The topological polar surface area (TPSA) is 44.8 Å². The second-order valence-corrected chi connectivity index (χ2v) is 6.09. The van der Waals surface area contributed by atoms with Crippen LogP contribution in [-0.4, -0.2) is 73.7 Å². The molecule has 1 N–H and O–H groups in total. The second-order valence-electron chi connectivity index (χ2n) is 6.09. The number of likely N-dealkylation sites (tertiary alicyclic amines) is 1. The van der Waals surface area contributed by atoms with Crippen molar-refractivity contribution in [2.75, 3.05) is 39.3 Å². The molecule has 2 aliphatic heterocycles. The highest BCUT2D eigenvalue weighted by molar-refractivity contribution is 5.74. The van der Waals surface area contributed by atoms with Crippen molar-refractivity contribution in [2.45, 2.75) is 51.2 Å². The van der Waals surface area contributed by atoms with Crippen molar-refractivity contribution in [2.24, 2.45) is 0 Å². The molecule has 0 aliphatic carbocycles. The molecule has 0 aromatic heterocycles. The minimum atomic E-state index is -2.28. The number of rotatable bonds is 6. The van der Waals surface area contributed by atoms with Crippen LogP contribution in [0.15, 0.2) is 0 Å². The summed E-state index contributed by atoms with van der Waals surface area (Å²) in [6.07, 6.45) is 1.40. The van der Waals surface area contributed by atoms with E-state index >= 15 is 0 Å². The molecule has 128 valence electrons. The van der Waals surface area contributed by atoms with E-state index in [-0.39, 0.29) is 24.7 Å². The summed E-state index contributed by atoms with van der Waals surface area (Å²) in [5.74, 6) is 0. The normalized spacial score (nSPS) is 23.9. The molecule has 22 heavy (non-hydrogen) atoms. The van der Waals surface area contributed by atoms with Gasteiger partial charge >= 0.3 is 6.03 Å². The molecular weight excluding hydrogens is 292 g/mol. The van der Waals surface area contributed by atoms with Crippen LogP contribution in [0.25, 0.3) is 0 Å². The second kappa shape index (κ2) is 8.62. The van der Waals surface area contributed by atoms with Gasteiger partial charge in [-0.15, -0.1) is 0 Å². The quantitative estimate of drug-likeness (QED) is 0.813. The van der Waals surface area contributed by atoms with Gasteiger partial charge in [0, 0.05) is 38.8 Å². The Morgan fingerprint density at radius 3 is 2.64 bits per heavy atom. The van der Waals surface area contributed by atoms with Crippen LogP contribution in [0, 0.1) is 0 Å². The van der Waals surface area contributed by atoms with Crippen LogP contribution in [0.4, 0.5) is 13.6 Å². The molecule has 1 atom stereocenters. The first-order valence-corrected chi connectivity index (χ1v) is 8.26. The number of piperidine rings is 1. The molecule has 0 radical (unpaired) electrons. The molecule has 2 fully saturated rings. The fourth-order valence-electron chi connectivity index (χ4n) is 3.11. The fourth-order valence-corrected chi connectivity index (χ4v) is 3.11. The Morgan fingerprint density at radius 1 is 1.36 bits per heavy atom. The van der Waals surface area contributed by atoms with Gasteiger partial charge < -0.3 is 15.0 Å². The summed E-state index contributed by atoms with van der Waals surface area (Å²) in [6, 6.07) is 0.0188. The molecule has 2 saturated heterocycles. The molecular formula is C15H27F2N3O2. The molecule has 2 heterocycles.